The lowest BCUT2D eigenvalue weighted by Crippen LogP contribution is -2.12. The van der Waals surface area contributed by atoms with Crippen LogP contribution in [0.3, 0.4) is 0 Å². The van der Waals surface area contributed by atoms with E-state index in [1.807, 2.05) is 30.3 Å². The number of aromatic hydroxyl groups is 1. The molecule has 0 saturated heterocycles. The summed E-state index contributed by atoms with van der Waals surface area (Å²) < 4.78 is 0. The van der Waals surface area contributed by atoms with E-state index in [1.165, 1.54) is 12.1 Å². The number of hydrogen-bond acceptors (Lipinski definition) is 4. The van der Waals surface area contributed by atoms with Crippen LogP contribution in [0.5, 0.6) is 5.75 Å². The standard InChI is InChI=1S/C16H13N3O2/c17-13-6-3-5-12(15(13)20)16(21)19-11-8-10-4-1-2-7-14(10)18-9-11/h1-9,20H,17H2,(H,19,21). The highest BCUT2D eigenvalue weighted by molar-refractivity contribution is 6.07. The SMILES string of the molecule is Nc1cccc(C(=O)Nc2cnc3ccccc3c2)c1O. The number of carbonyl (C=O) groups is 1. The van der Waals surface area contributed by atoms with Gasteiger partial charge in [-0.05, 0) is 24.3 Å². The first kappa shape index (κ1) is 12.9. The van der Waals surface area contributed by atoms with Crippen molar-refractivity contribution in [1.29, 1.82) is 0 Å². The van der Waals surface area contributed by atoms with Crippen molar-refractivity contribution in [2.75, 3.05) is 11.1 Å². The van der Waals surface area contributed by atoms with Gasteiger partial charge in [0.2, 0.25) is 0 Å². The second-order valence-corrected chi connectivity index (χ2v) is 4.61. The Kier molecular flexibility index (Phi) is 3.16. The summed E-state index contributed by atoms with van der Waals surface area (Å²) in [5.74, 6) is -0.652. The molecule has 4 N–H and O–H groups in total. The Labute approximate surface area is 121 Å². The van der Waals surface area contributed by atoms with Gasteiger partial charge in [-0.2, -0.15) is 0 Å². The number of aromatic nitrogens is 1. The first-order valence-corrected chi connectivity index (χ1v) is 6.39. The number of nitrogens with one attached hydrogen (secondary N) is 1. The van der Waals surface area contributed by atoms with E-state index in [-0.39, 0.29) is 17.0 Å². The van der Waals surface area contributed by atoms with Gasteiger partial charge >= 0.3 is 0 Å². The summed E-state index contributed by atoms with van der Waals surface area (Å²) >= 11 is 0. The number of hydrogen-bond donors (Lipinski definition) is 3. The second kappa shape index (κ2) is 5.13. The number of phenolic OH excluding ortho intramolecular Hbond substituents is 1. The molecule has 5 nitrogen and oxygen atoms in total. The monoisotopic (exact) mass is 279 g/mol. The van der Waals surface area contributed by atoms with Gasteiger partial charge in [-0.1, -0.05) is 24.3 Å². The van der Waals surface area contributed by atoms with Crippen LogP contribution < -0.4 is 11.1 Å². The summed E-state index contributed by atoms with van der Waals surface area (Å²) in [4.78, 5) is 16.4. The molecule has 0 radical (unpaired) electrons. The Hall–Kier alpha value is -3.08. The molecule has 0 spiro atoms. The van der Waals surface area contributed by atoms with Gasteiger partial charge < -0.3 is 16.2 Å². The van der Waals surface area contributed by atoms with Crippen molar-refractivity contribution in [1.82, 2.24) is 4.98 Å². The third-order valence-electron chi connectivity index (χ3n) is 3.16. The number of benzene rings is 2. The molecular weight excluding hydrogens is 266 g/mol. The maximum absolute atomic E-state index is 12.2. The number of rotatable bonds is 2. The zero-order chi connectivity index (χ0) is 14.8. The average molecular weight is 279 g/mol. The van der Waals surface area contributed by atoms with E-state index >= 15 is 0 Å². The molecule has 104 valence electrons. The number of para-hydroxylation sites is 2. The summed E-state index contributed by atoms with van der Waals surface area (Å²) in [5, 5.41) is 13.4. The molecule has 3 rings (SSSR count). The van der Waals surface area contributed by atoms with Crippen molar-refractivity contribution in [3.8, 4) is 5.75 Å². The minimum atomic E-state index is -0.433. The molecular formula is C16H13N3O2. The number of anilines is 2. The van der Waals surface area contributed by atoms with Crippen molar-refractivity contribution in [3.05, 3.63) is 60.3 Å². The zero-order valence-corrected chi connectivity index (χ0v) is 11.1. The maximum Gasteiger partial charge on any atom is 0.259 e. The first-order chi connectivity index (χ1) is 10.1. The molecule has 5 heteroatoms. The van der Waals surface area contributed by atoms with Crippen LogP contribution >= 0.6 is 0 Å². The van der Waals surface area contributed by atoms with Crippen molar-refractivity contribution < 1.29 is 9.90 Å². The van der Waals surface area contributed by atoms with Gasteiger partial charge in [-0.25, -0.2) is 0 Å². The first-order valence-electron chi connectivity index (χ1n) is 6.39. The highest BCUT2D eigenvalue weighted by atomic mass is 16.3. The Bertz CT molecular complexity index is 831. The topological polar surface area (TPSA) is 88.2 Å². The molecule has 0 aliphatic heterocycles. The van der Waals surface area contributed by atoms with Crippen LogP contribution in [0.15, 0.2) is 54.7 Å². The molecule has 3 aromatic rings. The zero-order valence-electron chi connectivity index (χ0n) is 11.1. The molecule has 0 unspecified atom stereocenters. The van der Waals surface area contributed by atoms with Gasteiger partial charge in [0.25, 0.3) is 5.91 Å². The number of nitrogens with two attached hydrogens (primary N) is 1. The molecule has 1 heterocycles. The number of fused-ring (bicyclic) bond motifs is 1. The largest absolute Gasteiger partial charge is 0.505 e. The maximum atomic E-state index is 12.2. The van der Waals surface area contributed by atoms with E-state index in [2.05, 4.69) is 10.3 Å². The predicted octanol–water partition coefficient (Wildman–Crippen LogP) is 2.77. The molecule has 1 aromatic heterocycles. The van der Waals surface area contributed by atoms with E-state index < -0.39 is 5.91 Å². The van der Waals surface area contributed by atoms with Crippen molar-refractivity contribution in [2.45, 2.75) is 0 Å². The summed E-state index contributed by atoms with van der Waals surface area (Å²) in [7, 11) is 0. The minimum absolute atomic E-state index is 0.128. The average Bonchev–Trinajstić information content (AvgIpc) is 2.50. The van der Waals surface area contributed by atoms with Crippen LogP contribution in [0.25, 0.3) is 10.9 Å². The molecule has 0 bridgehead atoms. The van der Waals surface area contributed by atoms with E-state index in [4.69, 9.17) is 5.73 Å². The molecule has 0 atom stereocenters. The van der Waals surface area contributed by atoms with Gasteiger partial charge in [0.05, 0.1) is 28.7 Å². The molecule has 21 heavy (non-hydrogen) atoms. The number of nitrogen functional groups attached to an aromatic ring is 1. The number of carbonyl (C=O) groups excluding carboxylic acids is 1. The number of phenols is 1. The summed E-state index contributed by atoms with van der Waals surface area (Å²) in [6.07, 6.45) is 1.57. The third-order valence-corrected chi connectivity index (χ3v) is 3.16. The summed E-state index contributed by atoms with van der Waals surface area (Å²) in [5.41, 5.74) is 7.28. The van der Waals surface area contributed by atoms with E-state index in [9.17, 15) is 9.90 Å². The third kappa shape index (κ3) is 2.49. The molecule has 0 saturated carbocycles. The Morgan fingerprint density at radius 2 is 1.95 bits per heavy atom. The smallest absolute Gasteiger partial charge is 0.259 e. The summed E-state index contributed by atoms with van der Waals surface area (Å²) in [6.45, 7) is 0. The summed E-state index contributed by atoms with van der Waals surface area (Å²) in [6, 6.07) is 14.1. The quantitative estimate of drug-likeness (QED) is 0.497. The highest BCUT2D eigenvalue weighted by Crippen LogP contribution is 2.25. The lowest BCUT2D eigenvalue weighted by atomic mass is 10.1. The van der Waals surface area contributed by atoms with Crippen LogP contribution in [0.1, 0.15) is 10.4 Å². The number of pyridine rings is 1. The highest BCUT2D eigenvalue weighted by Gasteiger charge is 2.13. The molecule has 0 aliphatic rings. The predicted molar refractivity (Wildman–Crippen MR) is 82.2 cm³/mol. The van der Waals surface area contributed by atoms with Crippen LogP contribution in [-0.4, -0.2) is 16.0 Å². The lowest BCUT2D eigenvalue weighted by molar-refractivity contribution is 0.102. The molecule has 1 amide bonds. The van der Waals surface area contributed by atoms with E-state index in [0.717, 1.165) is 10.9 Å². The van der Waals surface area contributed by atoms with Crippen LogP contribution in [0.4, 0.5) is 11.4 Å². The Morgan fingerprint density at radius 1 is 1.14 bits per heavy atom. The molecule has 0 aliphatic carbocycles. The van der Waals surface area contributed by atoms with E-state index in [1.54, 1.807) is 12.3 Å². The van der Waals surface area contributed by atoms with Crippen molar-refractivity contribution >= 4 is 28.2 Å². The van der Waals surface area contributed by atoms with Crippen LogP contribution in [0, 0.1) is 0 Å². The van der Waals surface area contributed by atoms with E-state index in [0.29, 0.717) is 5.69 Å². The fourth-order valence-corrected chi connectivity index (χ4v) is 2.08. The number of amides is 1. The Morgan fingerprint density at radius 3 is 2.81 bits per heavy atom. The fourth-order valence-electron chi connectivity index (χ4n) is 2.08. The van der Waals surface area contributed by atoms with Gasteiger partial charge in [0.1, 0.15) is 0 Å². The number of nitrogens with zero attached hydrogens (tertiary/aromatic N) is 1. The van der Waals surface area contributed by atoms with Gasteiger partial charge in [0, 0.05) is 5.39 Å². The van der Waals surface area contributed by atoms with Crippen molar-refractivity contribution in [2.24, 2.45) is 0 Å². The lowest BCUT2D eigenvalue weighted by Gasteiger charge is -2.08. The van der Waals surface area contributed by atoms with Crippen molar-refractivity contribution in [3.63, 3.8) is 0 Å². The van der Waals surface area contributed by atoms with Gasteiger partial charge in [-0.3, -0.25) is 9.78 Å². The van der Waals surface area contributed by atoms with Gasteiger partial charge in [-0.15, -0.1) is 0 Å². The second-order valence-electron chi connectivity index (χ2n) is 4.61. The van der Waals surface area contributed by atoms with Crippen LogP contribution in [-0.2, 0) is 0 Å². The molecule has 2 aromatic carbocycles. The normalized spacial score (nSPS) is 10.5. The molecule has 0 fully saturated rings. The van der Waals surface area contributed by atoms with Crippen LogP contribution in [0.2, 0.25) is 0 Å². The van der Waals surface area contributed by atoms with Gasteiger partial charge in [0.15, 0.2) is 5.75 Å². The minimum Gasteiger partial charge on any atom is -0.505 e. The fraction of sp³-hybridized carbons (Fsp3) is 0. The Balaban J connectivity index is 1.91.